The molecule has 0 spiro atoms. The Morgan fingerprint density at radius 1 is 0.165 bits per heavy atom. The summed E-state index contributed by atoms with van der Waals surface area (Å²) in [6.07, 6.45) is 0. The first-order chi connectivity index (χ1) is 42.1. The third-order valence-corrected chi connectivity index (χ3v) is 182. The van der Waals surface area contributed by atoms with Crippen LogP contribution in [0, 0.1) is 0 Å². The second-order valence-electron chi connectivity index (χ2n) is 5.86. The highest BCUT2D eigenvalue weighted by Crippen LogP contribution is 2.72. The lowest BCUT2D eigenvalue weighted by Gasteiger charge is -2.01. The zero-order valence-corrected chi connectivity index (χ0v) is 103. The van der Waals surface area contributed by atoms with Gasteiger partial charge < -0.3 is 0 Å². The van der Waals surface area contributed by atoms with Crippen LogP contribution in [-0.2, 0) is 33.2 Å². The van der Waals surface area contributed by atoms with E-state index in [0.29, 0.717) is 0 Å². The fourth-order valence-electron chi connectivity index (χ4n) is 0.921. The van der Waals surface area contributed by atoms with Gasteiger partial charge in [-0.2, -0.15) is 0 Å². The fraction of sp³-hybridized carbons (Fsp3) is 0. The van der Waals surface area contributed by atoms with Crippen molar-refractivity contribution in [2.24, 2.45) is 0 Å². The van der Waals surface area contributed by atoms with Crippen LogP contribution in [0.3, 0.4) is 0 Å². The molecule has 0 unspecified atom stereocenters. The van der Waals surface area contributed by atoms with Crippen molar-refractivity contribution >= 4 is 817 Å². The minimum atomic E-state index is -2.25. The lowest BCUT2D eigenvalue weighted by Crippen LogP contribution is -1.88. The summed E-state index contributed by atoms with van der Waals surface area (Å²) >= 11 is 14.0. The largest absolute Gasteiger partial charge is 0.238 e. The van der Waals surface area contributed by atoms with Gasteiger partial charge in [-0.05, 0) is 101 Å². The van der Waals surface area contributed by atoms with E-state index in [0.717, 1.165) is 0 Å². The maximum absolute atomic E-state index is 8.61. The molecule has 2 nitrogen and oxygen atoms in total. The van der Waals surface area contributed by atoms with Crippen molar-refractivity contribution in [1.29, 1.82) is 0 Å². The third kappa shape index (κ3) is 109. The molecular formula is H2O2S83. The molecule has 0 aliphatic rings. The predicted octanol–water partition coefficient (Wildman–Crippen LogP) is 51.5. The zero-order chi connectivity index (χ0) is 61.1. The van der Waals surface area contributed by atoms with E-state index in [4.69, 9.17) is 27.6 Å². The SMILES string of the molecule is OOS(=S)(=S)SSSSSSSSSSSSSSSSSSSSSSSSSSSSSSSSSSSSSSSSSSSSSSSSSSSSSSSSSSSSSSSSSSSSSSSSSSSSSSSS. The van der Waals surface area contributed by atoms with Crippen LogP contribution in [0.15, 0.2) is 0 Å². The molecule has 0 saturated carbocycles. The monoisotopic (exact) mass is 2690 g/mol. The van der Waals surface area contributed by atoms with E-state index < -0.39 is 6.46 Å². The van der Waals surface area contributed by atoms with E-state index in [1.54, 1.807) is 177 Å². The van der Waals surface area contributed by atoms with E-state index in [9.17, 15) is 0 Å². The topological polar surface area (TPSA) is 29.5 Å². The molecule has 0 bridgehead atoms. The molecule has 85 heteroatoms. The molecule has 1 N–H and O–H groups in total. The molecule has 0 fully saturated rings. The molecule has 85 heavy (non-hydrogen) atoms. The van der Waals surface area contributed by atoms with Crippen LogP contribution in [0.25, 0.3) is 0 Å². The molecule has 0 amide bonds. The van der Waals surface area contributed by atoms with Crippen LogP contribution in [-0.4, -0.2) is 5.26 Å². The summed E-state index contributed by atoms with van der Waals surface area (Å²) in [5.41, 5.74) is 0. The van der Waals surface area contributed by atoms with Crippen molar-refractivity contribution in [3.8, 4) is 0 Å². The first kappa shape index (κ1) is 114. The Bertz CT molecular complexity index is 1240. The number of hydrogen-bond donors (Lipinski definition) is 2. The van der Waals surface area contributed by atoms with Crippen molar-refractivity contribution in [3.63, 3.8) is 0 Å². The van der Waals surface area contributed by atoms with Crippen molar-refractivity contribution < 1.29 is 9.59 Å². The Balaban J connectivity index is 3.09. The van der Waals surface area contributed by atoms with Crippen molar-refractivity contribution in [2.45, 2.75) is 0 Å². The van der Waals surface area contributed by atoms with Gasteiger partial charge in [0.1, 0.15) is 6.46 Å². The van der Waals surface area contributed by atoms with Crippen LogP contribution >= 0.6 is 788 Å². The van der Waals surface area contributed by atoms with Gasteiger partial charge in [0.15, 0.2) is 0 Å². The summed E-state index contributed by atoms with van der Waals surface area (Å²) in [5, 5.41) is 8.61. The Kier molecular flexibility index (Phi) is 143. The Hall–Kier alpha value is 28.7. The summed E-state index contributed by atoms with van der Waals surface area (Å²) in [6, 6.07) is 0. The van der Waals surface area contributed by atoms with Gasteiger partial charge in [0.2, 0.25) is 0 Å². The highest BCUT2D eigenvalue weighted by molar-refractivity contribution is 9.66. The molecule has 0 aromatic carbocycles. The average Bonchev–Trinajstić information content (AvgIpc) is 3.51. The van der Waals surface area contributed by atoms with Crippen LogP contribution in [0.1, 0.15) is 0 Å². The molecule has 0 heterocycles. The first-order valence-corrected chi connectivity index (χ1v) is 124. The Morgan fingerprint density at radius 2 is 0.247 bits per heavy atom. The van der Waals surface area contributed by atoms with Gasteiger partial charge in [0.25, 0.3) is 0 Å². The molecule has 0 saturated heterocycles. The van der Waals surface area contributed by atoms with Crippen molar-refractivity contribution in [1.82, 2.24) is 0 Å². The lowest BCUT2D eigenvalue weighted by molar-refractivity contribution is -0.117. The summed E-state index contributed by atoms with van der Waals surface area (Å²) in [5.74, 6) is 0. The van der Waals surface area contributed by atoms with Crippen LogP contribution in [0.5, 0.6) is 0 Å². The molecular weight excluding hydrogens is 2690 g/mol. The highest BCUT2D eigenvalue weighted by Gasteiger charge is 2.09. The predicted molar refractivity (Wildman–Crippen MR) is 634 cm³/mol. The van der Waals surface area contributed by atoms with Crippen LogP contribution in [0.4, 0.5) is 0 Å². The Morgan fingerprint density at radius 3 is 0.329 bits per heavy atom. The summed E-state index contributed by atoms with van der Waals surface area (Å²) in [7, 11) is 141. The summed E-state index contributed by atoms with van der Waals surface area (Å²) < 4.78 is 4.12. The second kappa shape index (κ2) is 107. The van der Waals surface area contributed by atoms with Gasteiger partial charge in [-0.1, -0.05) is 11.7 Å². The molecule has 0 aliphatic carbocycles. The quantitative estimate of drug-likeness (QED) is 0.0199. The van der Waals surface area contributed by atoms with E-state index >= 15 is 0 Å². The second-order valence-corrected chi connectivity index (χ2v) is 153. The lowest BCUT2D eigenvalue weighted by atomic mass is 15.0. The highest BCUT2D eigenvalue weighted by atomic mass is 34.1. The number of rotatable bonds is 80. The fourth-order valence-corrected chi connectivity index (χ4v) is 219. The molecule has 0 aromatic heterocycles. The minimum absolute atomic E-state index is 1.21. The van der Waals surface area contributed by atoms with Gasteiger partial charge in [-0.15, -0.1) is 4.33 Å². The van der Waals surface area contributed by atoms with E-state index in [-0.39, 0.29) is 0 Å². The maximum atomic E-state index is 8.61. The zero-order valence-electron chi connectivity index (χ0n) is 34.8. The van der Waals surface area contributed by atoms with E-state index in [2.05, 4.69) is 16.0 Å². The normalized spacial score (nSPS) is 12.0. The molecule has 0 atom stereocenters. The van der Waals surface area contributed by atoms with E-state index in [1.165, 1.54) is 29.5 Å². The van der Waals surface area contributed by atoms with Gasteiger partial charge in [-0.25, -0.2) is 5.26 Å². The van der Waals surface area contributed by atoms with Crippen LogP contribution < -0.4 is 0 Å². The van der Waals surface area contributed by atoms with Crippen molar-refractivity contribution in [3.05, 3.63) is 0 Å². The summed E-state index contributed by atoms with van der Waals surface area (Å²) in [6.45, 7) is -2.25. The smallest absolute Gasteiger partial charge is 0.115 e. The average molecular weight is 2700 g/mol. The van der Waals surface area contributed by atoms with Crippen LogP contribution in [0.2, 0.25) is 0 Å². The minimum Gasteiger partial charge on any atom is -0.238 e. The van der Waals surface area contributed by atoms with Crippen molar-refractivity contribution in [2.75, 3.05) is 0 Å². The molecule has 0 radical (unpaired) electrons. The molecule has 0 aliphatic heterocycles. The van der Waals surface area contributed by atoms with Gasteiger partial charge in [0.05, 0.1) is 0 Å². The third-order valence-electron chi connectivity index (χ3n) is 2.34. The standard InChI is InChI=1S/H2O2S83/c1-2-85(4,5)84-83-82-81-80-79-78-77-76-75-74-73-72-71-70-69-68-67-66-65-64-63-62-61-60-59-58-57-56-55-54-53-52-51-50-49-48-47-46-45-44-43-42-41-40-39-38-37-36-35-34-33-32-31-30-29-28-27-26-25-24-23-22-21-20-19-18-17-16-15-14-13-12-11-10-9-8-7-6-3/h1,3H. The molecule has 0 rings (SSSR count). The molecule has 512 valence electrons. The molecule has 0 aromatic rings. The maximum Gasteiger partial charge on any atom is 0.115 e. The summed E-state index contributed by atoms with van der Waals surface area (Å²) in [4.78, 5) is 0. The number of thiol groups is 1. The Labute approximate surface area is 803 Å². The number of hydrogen-bond acceptors (Lipinski definition) is 84. The van der Waals surface area contributed by atoms with Gasteiger partial charge in [-0.3, -0.25) is 0 Å². The van der Waals surface area contributed by atoms with Gasteiger partial charge >= 0.3 is 0 Å². The van der Waals surface area contributed by atoms with Gasteiger partial charge in [0, 0.05) is 698 Å². The first-order valence-electron chi connectivity index (χ1n) is 14.0. The van der Waals surface area contributed by atoms with E-state index in [1.807, 2.05) is 570 Å².